The van der Waals surface area contributed by atoms with E-state index in [0.29, 0.717) is 28.9 Å². The third-order valence-electron chi connectivity index (χ3n) is 3.91. The van der Waals surface area contributed by atoms with Crippen LogP contribution in [-0.2, 0) is 6.54 Å². The molecule has 0 spiro atoms. The number of methoxy groups -OCH3 is 2. The van der Waals surface area contributed by atoms with Crippen LogP contribution in [0.3, 0.4) is 0 Å². The van der Waals surface area contributed by atoms with Gasteiger partial charge in [0.2, 0.25) is 0 Å². The Morgan fingerprint density at radius 2 is 1.75 bits per heavy atom. The van der Waals surface area contributed by atoms with Crippen molar-refractivity contribution in [1.29, 1.82) is 0 Å². The normalized spacial score (nSPS) is 10.2. The Morgan fingerprint density at radius 3 is 2.39 bits per heavy atom. The van der Waals surface area contributed by atoms with Crippen molar-refractivity contribution in [3.63, 3.8) is 0 Å². The van der Waals surface area contributed by atoms with Crippen molar-refractivity contribution in [3.05, 3.63) is 71.1 Å². The summed E-state index contributed by atoms with van der Waals surface area (Å²) in [5.41, 5.74) is 1.93. The van der Waals surface area contributed by atoms with Crippen LogP contribution in [0.15, 0.2) is 54.9 Å². The minimum Gasteiger partial charge on any atom is -0.493 e. The molecule has 0 aliphatic rings. The molecule has 0 bridgehead atoms. The number of halogens is 1. The number of hydrogen-bond donors (Lipinski definition) is 2. The van der Waals surface area contributed by atoms with Crippen LogP contribution in [0.25, 0.3) is 0 Å². The second kappa shape index (κ2) is 9.05. The number of anilines is 2. The minimum absolute atomic E-state index is 0.229. The summed E-state index contributed by atoms with van der Waals surface area (Å²) >= 11 is 5.85. The van der Waals surface area contributed by atoms with E-state index < -0.39 is 0 Å². The van der Waals surface area contributed by atoms with Crippen molar-refractivity contribution in [2.75, 3.05) is 19.5 Å². The second-order valence-electron chi connectivity index (χ2n) is 5.79. The van der Waals surface area contributed by atoms with Gasteiger partial charge in [0.05, 0.1) is 26.6 Å². The molecule has 1 aromatic heterocycles. The van der Waals surface area contributed by atoms with Gasteiger partial charge < -0.3 is 20.1 Å². The lowest BCUT2D eigenvalue weighted by molar-refractivity contribution is 0.0945. The molecule has 3 rings (SSSR count). The number of rotatable bonds is 7. The molecule has 0 aliphatic heterocycles. The van der Waals surface area contributed by atoms with Crippen LogP contribution in [-0.4, -0.2) is 30.1 Å². The molecule has 0 aliphatic carbocycles. The summed E-state index contributed by atoms with van der Waals surface area (Å²) in [6.07, 6.45) is 2.91. The molecule has 0 fully saturated rings. The minimum atomic E-state index is -0.305. The molecule has 144 valence electrons. The van der Waals surface area contributed by atoms with Crippen LogP contribution < -0.4 is 20.1 Å². The van der Waals surface area contributed by atoms with Crippen molar-refractivity contribution in [2.45, 2.75) is 6.54 Å². The highest BCUT2D eigenvalue weighted by molar-refractivity contribution is 6.30. The number of carbonyl (C=O) groups excluding carboxylic acids is 1. The monoisotopic (exact) mass is 398 g/mol. The Hall–Kier alpha value is -3.32. The molecule has 2 N–H and O–H groups in total. The van der Waals surface area contributed by atoms with E-state index in [4.69, 9.17) is 21.1 Å². The zero-order valence-electron chi connectivity index (χ0n) is 15.4. The molecule has 1 heterocycles. The Morgan fingerprint density at radius 1 is 1.00 bits per heavy atom. The van der Waals surface area contributed by atoms with Crippen molar-refractivity contribution in [2.24, 2.45) is 0 Å². The standard InChI is InChI=1S/C20H19ClN4O3/c1-27-17-8-7-15(9-18(17)28-2)25-19-12-22-16(11-23-19)20(26)24-10-13-3-5-14(21)6-4-13/h3-9,11-12H,10H2,1-2H3,(H,23,25)(H,24,26). The molecule has 0 saturated heterocycles. The molecule has 0 radical (unpaired) electrons. The first-order chi connectivity index (χ1) is 13.6. The number of aromatic nitrogens is 2. The van der Waals surface area contributed by atoms with Crippen LogP contribution in [0.2, 0.25) is 5.02 Å². The molecule has 0 saturated carbocycles. The smallest absolute Gasteiger partial charge is 0.271 e. The average molecular weight is 399 g/mol. The van der Waals surface area contributed by atoms with Gasteiger partial charge in [0.1, 0.15) is 11.5 Å². The summed E-state index contributed by atoms with van der Waals surface area (Å²) in [5, 5.41) is 6.55. The van der Waals surface area contributed by atoms with Gasteiger partial charge in [-0.2, -0.15) is 0 Å². The Labute approximate surface area is 167 Å². The van der Waals surface area contributed by atoms with Gasteiger partial charge in [0.25, 0.3) is 5.91 Å². The lowest BCUT2D eigenvalue weighted by atomic mass is 10.2. The predicted octanol–water partition coefficient (Wildman–Crippen LogP) is 3.82. The van der Waals surface area contributed by atoms with E-state index in [1.165, 1.54) is 12.4 Å². The first-order valence-corrected chi connectivity index (χ1v) is 8.80. The van der Waals surface area contributed by atoms with Gasteiger partial charge in [-0.25, -0.2) is 9.97 Å². The first kappa shape index (κ1) is 19.4. The number of ether oxygens (including phenoxy) is 2. The third kappa shape index (κ3) is 4.89. The SMILES string of the molecule is COc1ccc(Nc2cnc(C(=O)NCc3ccc(Cl)cc3)cn2)cc1OC. The van der Waals surface area contributed by atoms with E-state index in [2.05, 4.69) is 20.6 Å². The zero-order chi connectivity index (χ0) is 19.9. The van der Waals surface area contributed by atoms with Crippen LogP contribution in [0, 0.1) is 0 Å². The van der Waals surface area contributed by atoms with Gasteiger partial charge in [0.15, 0.2) is 11.5 Å². The highest BCUT2D eigenvalue weighted by atomic mass is 35.5. The predicted molar refractivity (Wildman–Crippen MR) is 107 cm³/mol. The largest absolute Gasteiger partial charge is 0.493 e. The summed E-state index contributed by atoms with van der Waals surface area (Å²) < 4.78 is 10.5. The maximum Gasteiger partial charge on any atom is 0.271 e. The van der Waals surface area contributed by atoms with Crippen LogP contribution in [0.1, 0.15) is 16.1 Å². The fourth-order valence-corrected chi connectivity index (χ4v) is 2.57. The van der Waals surface area contributed by atoms with Crippen molar-refractivity contribution in [1.82, 2.24) is 15.3 Å². The van der Waals surface area contributed by atoms with Crippen molar-refractivity contribution in [3.8, 4) is 11.5 Å². The second-order valence-corrected chi connectivity index (χ2v) is 6.23. The molecular formula is C20H19ClN4O3. The van der Waals surface area contributed by atoms with E-state index >= 15 is 0 Å². The molecule has 0 atom stereocenters. The molecule has 1 amide bonds. The lowest BCUT2D eigenvalue weighted by Gasteiger charge is -2.11. The molecule has 2 aromatic carbocycles. The molecule has 0 unspecified atom stereocenters. The molecule has 3 aromatic rings. The van der Waals surface area contributed by atoms with Gasteiger partial charge in [-0.1, -0.05) is 23.7 Å². The zero-order valence-corrected chi connectivity index (χ0v) is 16.2. The molecular weight excluding hydrogens is 380 g/mol. The Balaban J connectivity index is 1.61. The van der Waals surface area contributed by atoms with Crippen LogP contribution >= 0.6 is 11.6 Å². The van der Waals surface area contributed by atoms with Crippen molar-refractivity contribution >= 4 is 29.0 Å². The van der Waals surface area contributed by atoms with E-state index in [-0.39, 0.29) is 11.6 Å². The number of hydrogen-bond acceptors (Lipinski definition) is 6. The fraction of sp³-hybridized carbons (Fsp3) is 0.150. The number of nitrogens with zero attached hydrogens (tertiary/aromatic N) is 2. The maximum atomic E-state index is 12.2. The molecule has 8 heteroatoms. The highest BCUT2D eigenvalue weighted by Crippen LogP contribution is 2.30. The molecule has 28 heavy (non-hydrogen) atoms. The van der Waals surface area contributed by atoms with E-state index in [0.717, 1.165) is 11.3 Å². The van der Waals surface area contributed by atoms with Gasteiger partial charge in [-0.05, 0) is 29.8 Å². The lowest BCUT2D eigenvalue weighted by Crippen LogP contribution is -2.24. The number of carbonyl (C=O) groups is 1. The van der Waals surface area contributed by atoms with Gasteiger partial charge in [0, 0.05) is 23.3 Å². The summed E-state index contributed by atoms with van der Waals surface area (Å²) in [5.74, 6) is 1.42. The van der Waals surface area contributed by atoms with E-state index in [1.807, 2.05) is 18.2 Å². The molecule has 7 nitrogen and oxygen atoms in total. The van der Waals surface area contributed by atoms with Crippen molar-refractivity contribution < 1.29 is 14.3 Å². The summed E-state index contributed by atoms with van der Waals surface area (Å²) in [4.78, 5) is 20.6. The third-order valence-corrected chi connectivity index (χ3v) is 4.16. The summed E-state index contributed by atoms with van der Waals surface area (Å²) in [6, 6.07) is 12.7. The average Bonchev–Trinajstić information content (AvgIpc) is 2.73. The maximum absolute atomic E-state index is 12.2. The Bertz CT molecular complexity index is 947. The number of benzene rings is 2. The topological polar surface area (TPSA) is 85.4 Å². The summed E-state index contributed by atoms with van der Waals surface area (Å²) in [7, 11) is 3.14. The Kier molecular flexibility index (Phi) is 6.29. The van der Waals surface area contributed by atoms with Gasteiger partial charge in [-0.15, -0.1) is 0 Å². The van der Waals surface area contributed by atoms with E-state index in [1.54, 1.807) is 38.5 Å². The number of amides is 1. The van der Waals surface area contributed by atoms with Gasteiger partial charge >= 0.3 is 0 Å². The first-order valence-electron chi connectivity index (χ1n) is 8.43. The highest BCUT2D eigenvalue weighted by Gasteiger charge is 2.09. The quantitative estimate of drug-likeness (QED) is 0.629. The van der Waals surface area contributed by atoms with Crippen LogP contribution in [0.5, 0.6) is 11.5 Å². The van der Waals surface area contributed by atoms with Gasteiger partial charge in [-0.3, -0.25) is 4.79 Å². The van der Waals surface area contributed by atoms with E-state index in [9.17, 15) is 4.79 Å². The van der Waals surface area contributed by atoms with Crippen LogP contribution in [0.4, 0.5) is 11.5 Å². The fourth-order valence-electron chi connectivity index (χ4n) is 2.45. The summed E-state index contributed by atoms with van der Waals surface area (Å²) in [6.45, 7) is 0.378. The number of nitrogens with one attached hydrogen (secondary N) is 2.